The number of piperidine rings is 1. The molecule has 0 radical (unpaired) electrons. The number of halogens is 1. The average Bonchev–Trinajstić information content (AvgIpc) is 2.88. The van der Waals surface area contributed by atoms with Crippen LogP contribution in [-0.2, 0) is 13.6 Å². The molecule has 2 heterocycles. The summed E-state index contributed by atoms with van der Waals surface area (Å²) < 4.78 is 1.85. The van der Waals surface area contributed by atoms with Crippen LogP contribution in [0.25, 0.3) is 10.9 Å². The molecule has 1 aromatic carbocycles. The van der Waals surface area contributed by atoms with Crippen molar-refractivity contribution in [3.05, 3.63) is 28.9 Å². The Labute approximate surface area is 147 Å². The number of aromatic nitrogens is 2. The van der Waals surface area contributed by atoms with E-state index in [-0.39, 0.29) is 12.0 Å². The van der Waals surface area contributed by atoms with Gasteiger partial charge in [0, 0.05) is 30.9 Å². The van der Waals surface area contributed by atoms with Crippen molar-refractivity contribution in [2.45, 2.75) is 38.8 Å². The first kappa shape index (κ1) is 17.7. The standard InChI is InChI=1S/C18H26ClN3O2/c1-3-7-18(12-23)8-9-22(11-16(18)24)10-14-17-13(19)5-4-6-15(17)21(2)20-14/h4-6,16,23-24H,3,7-12H2,1-2H3/t16-,18+/m0/s1. The van der Waals surface area contributed by atoms with Crippen molar-refractivity contribution < 1.29 is 10.2 Å². The van der Waals surface area contributed by atoms with Gasteiger partial charge in [0.15, 0.2) is 0 Å². The van der Waals surface area contributed by atoms with Gasteiger partial charge in [0.25, 0.3) is 0 Å². The molecular weight excluding hydrogens is 326 g/mol. The molecule has 0 spiro atoms. The van der Waals surface area contributed by atoms with Crippen LogP contribution in [0.4, 0.5) is 0 Å². The highest BCUT2D eigenvalue weighted by atomic mass is 35.5. The summed E-state index contributed by atoms with van der Waals surface area (Å²) in [5, 5.41) is 26.7. The molecule has 0 amide bonds. The van der Waals surface area contributed by atoms with Gasteiger partial charge < -0.3 is 10.2 Å². The highest BCUT2D eigenvalue weighted by molar-refractivity contribution is 6.35. The summed E-state index contributed by atoms with van der Waals surface area (Å²) in [5.74, 6) is 0. The van der Waals surface area contributed by atoms with Crippen LogP contribution in [0.5, 0.6) is 0 Å². The highest BCUT2D eigenvalue weighted by Gasteiger charge is 2.41. The molecule has 0 saturated carbocycles. The third-order valence-corrected chi connectivity index (χ3v) is 5.71. The van der Waals surface area contributed by atoms with Gasteiger partial charge in [-0.1, -0.05) is 31.0 Å². The third kappa shape index (κ3) is 3.06. The minimum atomic E-state index is -0.512. The van der Waals surface area contributed by atoms with E-state index < -0.39 is 6.10 Å². The summed E-state index contributed by atoms with van der Waals surface area (Å²) in [5.41, 5.74) is 1.61. The zero-order valence-corrected chi connectivity index (χ0v) is 15.1. The lowest BCUT2D eigenvalue weighted by atomic mass is 9.73. The summed E-state index contributed by atoms with van der Waals surface area (Å²) in [7, 11) is 1.92. The van der Waals surface area contributed by atoms with Crippen LogP contribution in [0.1, 0.15) is 31.9 Å². The van der Waals surface area contributed by atoms with E-state index in [1.165, 1.54) is 0 Å². The Hall–Kier alpha value is -1.14. The fourth-order valence-electron chi connectivity index (χ4n) is 3.95. The lowest BCUT2D eigenvalue weighted by Gasteiger charge is -2.44. The Balaban J connectivity index is 1.79. The van der Waals surface area contributed by atoms with E-state index >= 15 is 0 Å². The summed E-state index contributed by atoms with van der Waals surface area (Å²) in [6.45, 7) is 4.21. The molecular formula is C18H26ClN3O2. The molecule has 24 heavy (non-hydrogen) atoms. The normalized spacial score (nSPS) is 25.5. The molecule has 6 heteroatoms. The number of rotatable bonds is 5. The minimum Gasteiger partial charge on any atom is -0.396 e. The molecule has 1 aliphatic heterocycles. The predicted molar refractivity (Wildman–Crippen MR) is 96.1 cm³/mol. The molecule has 1 aromatic heterocycles. The van der Waals surface area contributed by atoms with Crippen molar-refractivity contribution in [1.29, 1.82) is 0 Å². The van der Waals surface area contributed by atoms with Crippen LogP contribution in [-0.4, -0.2) is 50.7 Å². The number of aryl methyl sites for hydroxylation is 1. The molecule has 3 rings (SSSR count). The smallest absolute Gasteiger partial charge is 0.0858 e. The second-order valence-corrected chi connectivity index (χ2v) is 7.38. The summed E-state index contributed by atoms with van der Waals surface area (Å²) in [4.78, 5) is 2.21. The summed E-state index contributed by atoms with van der Waals surface area (Å²) in [6, 6.07) is 5.83. The first-order chi connectivity index (χ1) is 11.5. The maximum absolute atomic E-state index is 10.6. The van der Waals surface area contributed by atoms with E-state index in [9.17, 15) is 10.2 Å². The molecule has 0 unspecified atom stereocenters. The largest absolute Gasteiger partial charge is 0.396 e. The molecule has 1 saturated heterocycles. The van der Waals surface area contributed by atoms with Gasteiger partial charge in [-0.05, 0) is 31.5 Å². The summed E-state index contributed by atoms with van der Waals surface area (Å²) in [6.07, 6.45) is 2.12. The van der Waals surface area contributed by atoms with E-state index in [1.54, 1.807) is 0 Å². The number of aliphatic hydroxyl groups is 2. The van der Waals surface area contributed by atoms with Gasteiger partial charge >= 0.3 is 0 Å². The van der Waals surface area contributed by atoms with E-state index in [0.29, 0.717) is 18.1 Å². The van der Waals surface area contributed by atoms with Gasteiger partial charge in [-0.3, -0.25) is 9.58 Å². The van der Waals surface area contributed by atoms with Crippen LogP contribution in [0, 0.1) is 5.41 Å². The van der Waals surface area contributed by atoms with Crippen molar-refractivity contribution in [2.24, 2.45) is 12.5 Å². The van der Waals surface area contributed by atoms with E-state index in [2.05, 4.69) is 16.9 Å². The minimum absolute atomic E-state index is 0.0498. The maximum Gasteiger partial charge on any atom is 0.0858 e. The predicted octanol–water partition coefficient (Wildman–Crippen LogP) is 2.57. The van der Waals surface area contributed by atoms with Crippen LogP contribution in [0.3, 0.4) is 0 Å². The number of aliphatic hydroxyl groups excluding tert-OH is 2. The third-order valence-electron chi connectivity index (χ3n) is 5.40. The number of likely N-dealkylation sites (tertiary alicyclic amines) is 1. The van der Waals surface area contributed by atoms with Gasteiger partial charge in [-0.2, -0.15) is 5.10 Å². The monoisotopic (exact) mass is 351 g/mol. The SMILES string of the molecule is CCC[C@]1(CO)CCN(Cc2nn(C)c3cccc(Cl)c23)C[C@@H]1O. The first-order valence-electron chi connectivity index (χ1n) is 8.62. The first-order valence-corrected chi connectivity index (χ1v) is 9.00. The number of hydrogen-bond donors (Lipinski definition) is 2. The Morgan fingerprint density at radius 3 is 2.88 bits per heavy atom. The number of hydrogen-bond acceptors (Lipinski definition) is 4. The Kier molecular flexibility index (Phi) is 5.16. The summed E-state index contributed by atoms with van der Waals surface area (Å²) >= 11 is 6.38. The molecule has 0 bridgehead atoms. The molecule has 1 fully saturated rings. The fourth-order valence-corrected chi connectivity index (χ4v) is 4.23. The molecule has 5 nitrogen and oxygen atoms in total. The highest BCUT2D eigenvalue weighted by Crippen LogP contribution is 2.37. The molecule has 132 valence electrons. The second kappa shape index (κ2) is 7.00. The zero-order valence-electron chi connectivity index (χ0n) is 14.4. The number of nitrogens with zero attached hydrogens (tertiary/aromatic N) is 3. The topological polar surface area (TPSA) is 61.5 Å². The zero-order chi connectivity index (χ0) is 17.3. The van der Waals surface area contributed by atoms with Crippen LogP contribution < -0.4 is 0 Å². The fraction of sp³-hybridized carbons (Fsp3) is 0.611. The van der Waals surface area contributed by atoms with Crippen molar-refractivity contribution in [3.8, 4) is 0 Å². The molecule has 0 aliphatic carbocycles. The molecule has 2 N–H and O–H groups in total. The molecule has 2 atom stereocenters. The van der Waals surface area contributed by atoms with Crippen molar-refractivity contribution >= 4 is 22.5 Å². The van der Waals surface area contributed by atoms with Crippen LogP contribution in [0.2, 0.25) is 5.02 Å². The van der Waals surface area contributed by atoms with Gasteiger partial charge in [0.2, 0.25) is 0 Å². The lowest BCUT2D eigenvalue weighted by Crippen LogP contribution is -2.52. The lowest BCUT2D eigenvalue weighted by molar-refractivity contribution is -0.0804. The van der Waals surface area contributed by atoms with Crippen molar-refractivity contribution in [1.82, 2.24) is 14.7 Å². The molecule has 2 aromatic rings. The van der Waals surface area contributed by atoms with Gasteiger partial charge in [0.1, 0.15) is 0 Å². The van der Waals surface area contributed by atoms with Crippen molar-refractivity contribution in [3.63, 3.8) is 0 Å². The van der Waals surface area contributed by atoms with Crippen LogP contribution >= 0.6 is 11.6 Å². The van der Waals surface area contributed by atoms with E-state index in [4.69, 9.17) is 11.6 Å². The Bertz CT molecular complexity index is 718. The van der Waals surface area contributed by atoms with Gasteiger partial charge in [-0.25, -0.2) is 0 Å². The van der Waals surface area contributed by atoms with E-state index in [0.717, 1.165) is 42.4 Å². The van der Waals surface area contributed by atoms with Crippen LogP contribution in [0.15, 0.2) is 18.2 Å². The van der Waals surface area contributed by atoms with Gasteiger partial charge in [0.05, 0.1) is 28.9 Å². The number of β-amino-alcohol motifs (C(OH)–C–C–N with tert-alkyl or cyclic N) is 1. The maximum atomic E-state index is 10.6. The Morgan fingerprint density at radius 1 is 1.42 bits per heavy atom. The van der Waals surface area contributed by atoms with E-state index in [1.807, 2.05) is 29.9 Å². The average molecular weight is 352 g/mol. The number of benzene rings is 1. The Morgan fingerprint density at radius 2 is 2.21 bits per heavy atom. The number of fused-ring (bicyclic) bond motifs is 1. The second-order valence-electron chi connectivity index (χ2n) is 6.98. The molecule has 1 aliphatic rings. The quantitative estimate of drug-likeness (QED) is 0.869. The van der Waals surface area contributed by atoms with Gasteiger partial charge in [-0.15, -0.1) is 0 Å². The van der Waals surface area contributed by atoms with Crippen molar-refractivity contribution in [2.75, 3.05) is 19.7 Å².